The number of aromatic nitrogens is 1. The van der Waals surface area contributed by atoms with Gasteiger partial charge in [0.15, 0.2) is 0 Å². The fraction of sp³-hybridized carbons (Fsp3) is 0.700. The van der Waals surface area contributed by atoms with Crippen LogP contribution in [-0.2, 0) is 4.74 Å². The van der Waals surface area contributed by atoms with E-state index in [2.05, 4.69) is 16.0 Å². The Labute approximate surface area is 155 Å². The number of likely N-dealkylation sites (tertiary alicyclic amines) is 1. The van der Waals surface area contributed by atoms with Crippen LogP contribution in [-0.4, -0.2) is 53.9 Å². The number of hydrogen-bond acceptors (Lipinski definition) is 5. The minimum Gasteiger partial charge on any atom is -0.490 e. The minimum atomic E-state index is -0.472. The maximum absolute atomic E-state index is 12.4. The molecule has 2 aliphatic heterocycles. The minimum absolute atomic E-state index is 0.0629. The van der Waals surface area contributed by atoms with E-state index in [1.807, 2.05) is 27.0 Å². The number of rotatable bonds is 4. The summed E-state index contributed by atoms with van der Waals surface area (Å²) in [7, 11) is 0. The molecule has 1 amide bonds. The molecule has 4 rings (SSSR count). The molecule has 1 aromatic rings. The number of carbonyl (C=O) groups is 1. The Morgan fingerprint density at radius 3 is 2.77 bits per heavy atom. The van der Waals surface area contributed by atoms with Crippen LogP contribution in [0.15, 0.2) is 18.5 Å². The summed E-state index contributed by atoms with van der Waals surface area (Å²) in [5, 5.41) is 0. The highest BCUT2D eigenvalue weighted by atomic mass is 16.6. The maximum Gasteiger partial charge on any atom is 0.410 e. The van der Waals surface area contributed by atoms with Crippen molar-refractivity contribution in [2.24, 2.45) is 11.8 Å². The molecule has 0 radical (unpaired) electrons. The standard InChI is InChI=1S/C20H29N3O3/c1-20(2,3)26-19(24)23-6-4-5-16(23)13-25-18-8-17(9-21-10-18)22-11-14-7-15(14)12-22/h8-10,14-16H,4-7,11-13H2,1-3H3/t14?,15?,16-/m0/s1. The molecule has 0 spiro atoms. The molecule has 3 heterocycles. The number of pyridine rings is 1. The molecule has 1 saturated carbocycles. The zero-order valence-corrected chi connectivity index (χ0v) is 16.0. The molecule has 1 aliphatic carbocycles. The van der Waals surface area contributed by atoms with Gasteiger partial charge in [-0.05, 0) is 51.9 Å². The van der Waals surface area contributed by atoms with Crippen LogP contribution in [0.2, 0.25) is 0 Å². The van der Waals surface area contributed by atoms with Gasteiger partial charge in [0, 0.05) is 25.7 Å². The quantitative estimate of drug-likeness (QED) is 0.825. The Balaban J connectivity index is 1.34. The Bertz CT molecular complexity index is 663. The number of fused-ring (bicyclic) bond motifs is 1. The summed E-state index contributed by atoms with van der Waals surface area (Å²) in [6, 6.07) is 2.14. The van der Waals surface area contributed by atoms with Crippen LogP contribution in [0.25, 0.3) is 0 Å². The molecule has 3 aliphatic rings. The molecule has 6 heteroatoms. The summed E-state index contributed by atoms with van der Waals surface area (Å²) >= 11 is 0. The summed E-state index contributed by atoms with van der Waals surface area (Å²) in [5.41, 5.74) is 0.671. The van der Waals surface area contributed by atoms with Crippen LogP contribution in [0.3, 0.4) is 0 Å². The molecule has 1 aromatic heterocycles. The molecule has 0 N–H and O–H groups in total. The van der Waals surface area contributed by atoms with E-state index in [1.165, 1.54) is 6.42 Å². The average Bonchev–Trinajstić information content (AvgIpc) is 2.98. The first kappa shape index (κ1) is 17.4. The fourth-order valence-corrected chi connectivity index (χ4v) is 4.03. The second-order valence-corrected chi connectivity index (χ2v) is 8.82. The topological polar surface area (TPSA) is 54.9 Å². The zero-order valence-electron chi connectivity index (χ0n) is 16.0. The Morgan fingerprint density at radius 2 is 2.04 bits per heavy atom. The fourth-order valence-electron chi connectivity index (χ4n) is 4.03. The number of amides is 1. The van der Waals surface area contributed by atoms with Crippen LogP contribution in [0, 0.1) is 11.8 Å². The van der Waals surface area contributed by atoms with Gasteiger partial charge in [-0.25, -0.2) is 4.79 Å². The summed E-state index contributed by atoms with van der Waals surface area (Å²) < 4.78 is 11.5. The number of carbonyl (C=O) groups excluding carboxylic acids is 1. The smallest absolute Gasteiger partial charge is 0.410 e. The monoisotopic (exact) mass is 359 g/mol. The van der Waals surface area contributed by atoms with Crippen molar-refractivity contribution in [2.45, 2.75) is 51.7 Å². The van der Waals surface area contributed by atoms with Crippen molar-refractivity contribution in [3.8, 4) is 5.75 Å². The summed E-state index contributed by atoms with van der Waals surface area (Å²) in [6.07, 6.45) is 6.76. The zero-order chi connectivity index (χ0) is 18.3. The van der Waals surface area contributed by atoms with Crippen LogP contribution in [0.5, 0.6) is 5.75 Å². The van der Waals surface area contributed by atoms with Crippen molar-refractivity contribution in [3.05, 3.63) is 18.5 Å². The summed E-state index contributed by atoms with van der Waals surface area (Å²) in [5.74, 6) is 2.56. The van der Waals surface area contributed by atoms with Gasteiger partial charge >= 0.3 is 6.09 Å². The largest absolute Gasteiger partial charge is 0.490 e. The van der Waals surface area contributed by atoms with Gasteiger partial charge < -0.3 is 19.3 Å². The molecule has 6 nitrogen and oxygen atoms in total. The lowest BCUT2D eigenvalue weighted by Gasteiger charge is -2.28. The second kappa shape index (κ2) is 6.63. The number of piperidine rings is 1. The van der Waals surface area contributed by atoms with Gasteiger partial charge in [-0.2, -0.15) is 0 Å². The van der Waals surface area contributed by atoms with E-state index in [1.54, 1.807) is 11.1 Å². The SMILES string of the molecule is CC(C)(C)OC(=O)N1CCC[C@H]1COc1cncc(N2CC3CC3C2)c1. The van der Waals surface area contributed by atoms with Crippen molar-refractivity contribution in [1.29, 1.82) is 0 Å². The summed E-state index contributed by atoms with van der Waals surface area (Å²) in [4.78, 5) is 20.9. The van der Waals surface area contributed by atoms with Gasteiger partial charge in [0.05, 0.1) is 24.1 Å². The predicted octanol–water partition coefficient (Wildman–Crippen LogP) is 3.32. The van der Waals surface area contributed by atoms with Gasteiger partial charge in [0.2, 0.25) is 0 Å². The maximum atomic E-state index is 12.4. The van der Waals surface area contributed by atoms with Gasteiger partial charge in [0.1, 0.15) is 18.0 Å². The van der Waals surface area contributed by atoms with E-state index < -0.39 is 5.60 Å². The van der Waals surface area contributed by atoms with Gasteiger partial charge in [-0.3, -0.25) is 4.98 Å². The van der Waals surface area contributed by atoms with Crippen LogP contribution in [0.4, 0.5) is 10.5 Å². The summed E-state index contributed by atoms with van der Waals surface area (Å²) in [6.45, 7) is 9.19. The van der Waals surface area contributed by atoms with Gasteiger partial charge in [-0.15, -0.1) is 0 Å². The molecule has 26 heavy (non-hydrogen) atoms. The lowest BCUT2D eigenvalue weighted by molar-refractivity contribution is 0.0187. The number of anilines is 1. The lowest BCUT2D eigenvalue weighted by Crippen LogP contribution is -2.42. The molecule has 3 fully saturated rings. The molecular weight excluding hydrogens is 330 g/mol. The van der Waals surface area contributed by atoms with Crippen LogP contribution >= 0.6 is 0 Å². The van der Waals surface area contributed by atoms with Crippen molar-refractivity contribution in [1.82, 2.24) is 9.88 Å². The predicted molar refractivity (Wildman–Crippen MR) is 99.5 cm³/mol. The van der Waals surface area contributed by atoms with Crippen molar-refractivity contribution >= 4 is 11.8 Å². The van der Waals surface area contributed by atoms with Crippen molar-refractivity contribution in [3.63, 3.8) is 0 Å². The highest BCUT2D eigenvalue weighted by molar-refractivity contribution is 5.69. The van der Waals surface area contributed by atoms with Crippen LogP contribution in [0.1, 0.15) is 40.0 Å². The first-order valence-electron chi connectivity index (χ1n) is 9.71. The highest BCUT2D eigenvalue weighted by Gasteiger charge is 2.45. The van der Waals surface area contributed by atoms with E-state index in [-0.39, 0.29) is 12.1 Å². The molecule has 142 valence electrons. The molecule has 2 unspecified atom stereocenters. The van der Waals surface area contributed by atoms with Crippen molar-refractivity contribution < 1.29 is 14.3 Å². The van der Waals surface area contributed by atoms with Crippen molar-refractivity contribution in [2.75, 3.05) is 31.1 Å². The Hall–Kier alpha value is -1.98. The Morgan fingerprint density at radius 1 is 1.27 bits per heavy atom. The third-order valence-corrected chi connectivity index (χ3v) is 5.49. The normalized spacial score (nSPS) is 27.4. The lowest BCUT2D eigenvalue weighted by atomic mass is 10.2. The van der Waals surface area contributed by atoms with Gasteiger partial charge in [0.25, 0.3) is 0 Å². The molecular formula is C20H29N3O3. The number of ether oxygens (including phenoxy) is 2. The Kier molecular flexibility index (Phi) is 4.45. The second-order valence-electron chi connectivity index (χ2n) is 8.82. The highest BCUT2D eigenvalue weighted by Crippen LogP contribution is 2.46. The number of nitrogens with zero attached hydrogens (tertiary/aromatic N) is 3. The van der Waals surface area contributed by atoms with E-state index in [4.69, 9.17) is 9.47 Å². The molecule has 0 bridgehead atoms. The molecule has 2 saturated heterocycles. The first-order valence-corrected chi connectivity index (χ1v) is 9.71. The third kappa shape index (κ3) is 3.89. The number of hydrogen-bond donors (Lipinski definition) is 0. The van der Waals surface area contributed by atoms with E-state index >= 15 is 0 Å². The third-order valence-electron chi connectivity index (χ3n) is 5.49. The van der Waals surface area contributed by atoms with E-state index in [0.717, 1.165) is 55.7 Å². The van der Waals surface area contributed by atoms with E-state index in [9.17, 15) is 4.79 Å². The molecule has 3 atom stereocenters. The van der Waals surface area contributed by atoms with Crippen LogP contribution < -0.4 is 9.64 Å². The molecule has 0 aromatic carbocycles. The average molecular weight is 359 g/mol. The van der Waals surface area contributed by atoms with Gasteiger partial charge in [-0.1, -0.05) is 0 Å². The van der Waals surface area contributed by atoms with E-state index in [0.29, 0.717) is 6.61 Å². The first-order chi connectivity index (χ1) is 12.4.